The highest BCUT2D eigenvalue weighted by Crippen LogP contribution is 2.36. The Bertz CT molecular complexity index is 326. The summed E-state index contributed by atoms with van der Waals surface area (Å²) < 4.78 is 43.3. The maximum absolute atomic E-state index is 11.8. The number of aromatic hydroxyl groups is 1. The zero-order valence-corrected chi connectivity index (χ0v) is 7.00. The molecule has 0 saturated heterocycles. The van der Waals surface area contributed by atoms with Crippen LogP contribution in [-0.4, -0.2) is 23.6 Å². The van der Waals surface area contributed by atoms with Crippen molar-refractivity contribution in [2.45, 2.75) is 6.36 Å². The van der Waals surface area contributed by atoms with Gasteiger partial charge in [-0.05, 0) is 0 Å². The summed E-state index contributed by atoms with van der Waals surface area (Å²) in [5.74, 6) is -1.86. The maximum Gasteiger partial charge on any atom is 0.573 e. The molecular weight excluding hydrogens is 203 g/mol. The molecule has 1 aromatic rings. The Morgan fingerprint density at radius 3 is 2.57 bits per heavy atom. The van der Waals surface area contributed by atoms with Crippen molar-refractivity contribution in [1.29, 1.82) is 0 Å². The van der Waals surface area contributed by atoms with Crippen LogP contribution in [0.1, 0.15) is 0 Å². The van der Waals surface area contributed by atoms with E-state index in [1.165, 1.54) is 7.11 Å². The summed E-state index contributed by atoms with van der Waals surface area (Å²) in [6.07, 6.45) is -3.83. The van der Waals surface area contributed by atoms with E-state index in [0.717, 1.165) is 12.3 Å². The first-order valence-corrected chi connectivity index (χ1v) is 3.41. The molecule has 7 heteroatoms. The minimum absolute atomic E-state index is 0.327. The molecule has 1 aromatic heterocycles. The highest BCUT2D eigenvalue weighted by molar-refractivity contribution is 5.45. The van der Waals surface area contributed by atoms with Crippen LogP contribution in [0.3, 0.4) is 0 Å². The number of rotatable bonds is 2. The molecule has 0 saturated carbocycles. The Balaban J connectivity index is 2.98. The predicted octanol–water partition coefficient (Wildman–Crippen LogP) is 1.69. The standard InChI is InChI=1S/C7H6F3NO3/c1-13-6-5(12)4(2-3-11-6)14-7(8,9)10/h2-3,12H,1H3. The van der Waals surface area contributed by atoms with Crippen molar-refractivity contribution in [3.63, 3.8) is 0 Å². The van der Waals surface area contributed by atoms with E-state index in [4.69, 9.17) is 5.11 Å². The quantitative estimate of drug-likeness (QED) is 0.805. The number of methoxy groups -OCH3 is 1. The fraction of sp³-hybridized carbons (Fsp3) is 0.286. The van der Waals surface area contributed by atoms with E-state index in [1.54, 1.807) is 0 Å². The average Bonchev–Trinajstić information content (AvgIpc) is 2.06. The van der Waals surface area contributed by atoms with E-state index < -0.39 is 17.9 Å². The predicted molar refractivity (Wildman–Crippen MR) is 39.1 cm³/mol. The van der Waals surface area contributed by atoms with Gasteiger partial charge in [0.1, 0.15) is 0 Å². The van der Waals surface area contributed by atoms with E-state index >= 15 is 0 Å². The molecule has 0 amide bonds. The fourth-order valence-corrected chi connectivity index (χ4v) is 0.775. The Morgan fingerprint density at radius 2 is 2.07 bits per heavy atom. The van der Waals surface area contributed by atoms with Crippen LogP contribution < -0.4 is 9.47 Å². The Kier molecular flexibility index (Phi) is 2.68. The average molecular weight is 209 g/mol. The molecule has 0 atom stereocenters. The first-order chi connectivity index (χ1) is 6.44. The summed E-state index contributed by atoms with van der Waals surface area (Å²) in [6, 6.07) is 0.880. The van der Waals surface area contributed by atoms with Crippen LogP contribution in [0.25, 0.3) is 0 Å². The summed E-state index contributed by atoms with van der Waals surface area (Å²) in [6.45, 7) is 0. The zero-order valence-electron chi connectivity index (χ0n) is 7.00. The van der Waals surface area contributed by atoms with E-state index in [-0.39, 0.29) is 5.88 Å². The lowest BCUT2D eigenvalue weighted by atomic mass is 10.4. The van der Waals surface area contributed by atoms with Crippen LogP contribution >= 0.6 is 0 Å². The molecular formula is C7H6F3NO3. The van der Waals surface area contributed by atoms with E-state index in [0.29, 0.717) is 0 Å². The minimum Gasteiger partial charge on any atom is -0.501 e. The SMILES string of the molecule is COc1nccc(OC(F)(F)F)c1O. The van der Waals surface area contributed by atoms with Gasteiger partial charge >= 0.3 is 6.36 Å². The fourth-order valence-electron chi connectivity index (χ4n) is 0.775. The number of ether oxygens (including phenoxy) is 2. The van der Waals surface area contributed by atoms with Gasteiger partial charge in [0.05, 0.1) is 7.11 Å². The lowest BCUT2D eigenvalue weighted by Gasteiger charge is -2.10. The summed E-state index contributed by atoms with van der Waals surface area (Å²) in [5, 5.41) is 9.14. The number of nitrogens with zero attached hydrogens (tertiary/aromatic N) is 1. The third-order valence-corrected chi connectivity index (χ3v) is 1.27. The molecule has 0 aliphatic carbocycles. The molecule has 0 spiro atoms. The molecule has 78 valence electrons. The number of alkyl halides is 3. The Morgan fingerprint density at radius 1 is 1.43 bits per heavy atom. The van der Waals surface area contributed by atoms with Gasteiger partial charge in [0.2, 0.25) is 5.75 Å². The number of hydrogen-bond acceptors (Lipinski definition) is 4. The van der Waals surface area contributed by atoms with Gasteiger partial charge in [-0.1, -0.05) is 0 Å². The van der Waals surface area contributed by atoms with Crippen LogP contribution in [0.5, 0.6) is 17.4 Å². The zero-order chi connectivity index (χ0) is 10.8. The van der Waals surface area contributed by atoms with Crippen molar-refractivity contribution in [3.05, 3.63) is 12.3 Å². The second-order valence-corrected chi connectivity index (χ2v) is 2.21. The molecule has 0 fully saturated rings. The van der Waals surface area contributed by atoms with Crippen molar-refractivity contribution in [3.8, 4) is 17.4 Å². The lowest BCUT2D eigenvalue weighted by molar-refractivity contribution is -0.275. The van der Waals surface area contributed by atoms with Gasteiger partial charge in [-0.2, -0.15) is 0 Å². The molecule has 14 heavy (non-hydrogen) atoms. The summed E-state index contributed by atoms with van der Waals surface area (Å²) in [7, 11) is 1.17. The monoisotopic (exact) mass is 209 g/mol. The number of hydrogen-bond donors (Lipinski definition) is 1. The number of pyridine rings is 1. The normalized spacial score (nSPS) is 11.1. The third kappa shape index (κ3) is 2.41. The van der Waals surface area contributed by atoms with E-state index in [9.17, 15) is 13.2 Å². The second-order valence-electron chi connectivity index (χ2n) is 2.21. The summed E-state index contributed by atoms with van der Waals surface area (Å²) in [4.78, 5) is 3.47. The van der Waals surface area contributed by atoms with Gasteiger partial charge < -0.3 is 14.6 Å². The van der Waals surface area contributed by atoms with Gasteiger partial charge in [0, 0.05) is 12.3 Å². The van der Waals surface area contributed by atoms with Gasteiger partial charge in [0.15, 0.2) is 5.75 Å². The molecule has 0 bridgehead atoms. The summed E-state index contributed by atoms with van der Waals surface area (Å²) in [5.41, 5.74) is 0. The van der Waals surface area contributed by atoms with E-state index in [1.807, 2.05) is 0 Å². The van der Waals surface area contributed by atoms with Crippen LogP contribution in [0.15, 0.2) is 12.3 Å². The number of aromatic nitrogens is 1. The van der Waals surface area contributed by atoms with Crippen molar-refractivity contribution in [2.75, 3.05) is 7.11 Å². The molecule has 0 radical (unpaired) electrons. The molecule has 0 aliphatic heterocycles. The first kappa shape index (κ1) is 10.4. The Hall–Kier alpha value is -1.66. The lowest BCUT2D eigenvalue weighted by Crippen LogP contribution is -2.17. The molecule has 1 heterocycles. The van der Waals surface area contributed by atoms with Gasteiger partial charge in [0.25, 0.3) is 5.88 Å². The van der Waals surface area contributed by atoms with Crippen molar-refractivity contribution in [2.24, 2.45) is 0 Å². The molecule has 4 nitrogen and oxygen atoms in total. The first-order valence-electron chi connectivity index (χ1n) is 3.41. The van der Waals surface area contributed by atoms with Gasteiger partial charge in [-0.25, -0.2) is 4.98 Å². The maximum atomic E-state index is 11.8. The van der Waals surface area contributed by atoms with Crippen LogP contribution in [0, 0.1) is 0 Å². The van der Waals surface area contributed by atoms with Crippen LogP contribution in [0.2, 0.25) is 0 Å². The smallest absolute Gasteiger partial charge is 0.501 e. The van der Waals surface area contributed by atoms with Crippen molar-refractivity contribution < 1.29 is 27.8 Å². The molecule has 0 aromatic carbocycles. The van der Waals surface area contributed by atoms with Crippen molar-refractivity contribution >= 4 is 0 Å². The Labute approximate surface area is 76.9 Å². The van der Waals surface area contributed by atoms with Crippen LogP contribution in [-0.2, 0) is 0 Å². The molecule has 1 rings (SSSR count). The van der Waals surface area contributed by atoms with Gasteiger partial charge in [-0.3, -0.25) is 0 Å². The van der Waals surface area contributed by atoms with E-state index in [2.05, 4.69) is 14.5 Å². The molecule has 1 N–H and O–H groups in total. The number of halogens is 3. The molecule has 0 aliphatic rings. The van der Waals surface area contributed by atoms with Gasteiger partial charge in [-0.15, -0.1) is 13.2 Å². The summed E-state index contributed by atoms with van der Waals surface area (Å²) >= 11 is 0. The minimum atomic E-state index is -4.86. The second kappa shape index (κ2) is 3.60. The van der Waals surface area contributed by atoms with Crippen molar-refractivity contribution in [1.82, 2.24) is 4.98 Å². The largest absolute Gasteiger partial charge is 0.573 e. The van der Waals surface area contributed by atoms with Crippen LogP contribution in [0.4, 0.5) is 13.2 Å². The topological polar surface area (TPSA) is 51.6 Å². The highest BCUT2D eigenvalue weighted by atomic mass is 19.4. The highest BCUT2D eigenvalue weighted by Gasteiger charge is 2.33. The third-order valence-electron chi connectivity index (χ3n) is 1.27. The molecule has 0 unspecified atom stereocenters.